The molecule has 2 aliphatic rings. The minimum Gasteiger partial charge on any atom is -0.487 e. The molecule has 0 amide bonds. The van der Waals surface area contributed by atoms with E-state index < -0.39 is 0 Å². The molecule has 6 nitrogen and oxygen atoms in total. The first-order valence-corrected chi connectivity index (χ1v) is 7.87. The molecule has 1 aromatic carbocycles. The molecule has 6 heteroatoms. The molecule has 0 aromatic heterocycles. The van der Waals surface area contributed by atoms with Crippen LogP contribution in [0.15, 0.2) is 23.2 Å². The smallest absolute Gasteiger partial charge is 0.127 e. The summed E-state index contributed by atoms with van der Waals surface area (Å²) in [5.74, 6) is 6.74. The maximum atomic E-state index is 6.15. The lowest BCUT2D eigenvalue weighted by molar-refractivity contribution is -0.0238. The van der Waals surface area contributed by atoms with Crippen LogP contribution in [0, 0.1) is 0 Å². The number of hydrogen-bond acceptors (Lipinski definition) is 5. The molecule has 0 radical (unpaired) electrons. The van der Waals surface area contributed by atoms with Gasteiger partial charge in [-0.1, -0.05) is 0 Å². The van der Waals surface area contributed by atoms with Crippen molar-refractivity contribution in [1.29, 1.82) is 0 Å². The minimum atomic E-state index is -0.116. The number of amidine groups is 1. The lowest BCUT2D eigenvalue weighted by Crippen LogP contribution is -2.36. The van der Waals surface area contributed by atoms with Crippen molar-refractivity contribution in [3.63, 3.8) is 0 Å². The van der Waals surface area contributed by atoms with Crippen LogP contribution in [0.1, 0.15) is 30.9 Å². The van der Waals surface area contributed by atoms with E-state index in [4.69, 9.17) is 21.2 Å². The number of fused-ring (bicyclic) bond motifs is 1. The maximum Gasteiger partial charge on any atom is 0.127 e. The zero-order valence-corrected chi connectivity index (χ0v) is 12.9. The Kier molecular flexibility index (Phi) is 4.61. The highest BCUT2D eigenvalue weighted by atomic mass is 16.6. The van der Waals surface area contributed by atoms with Gasteiger partial charge in [-0.05, 0) is 56.5 Å². The van der Waals surface area contributed by atoms with Crippen molar-refractivity contribution in [2.24, 2.45) is 16.6 Å². The molecule has 2 heterocycles. The first kappa shape index (κ1) is 15.3. The van der Waals surface area contributed by atoms with E-state index in [2.05, 4.69) is 16.4 Å². The van der Waals surface area contributed by atoms with Crippen molar-refractivity contribution in [3.8, 4) is 5.75 Å². The molecular weight excluding hydrogens is 280 g/mol. The maximum absolute atomic E-state index is 6.15. The van der Waals surface area contributed by atoms with E-state index in [1.54, 1.807) is 0 Å². The molecule has 22 heavy (non-hydrogen) atoms. The van der Waals surface area contributed by atoms with E-state index in [1.807, 2.05) is 19.1 Å². The van der Waals surface area contributed by atoms with E-state index in [0.717, 1.165) is 43.7 Å². The Bertz CT molecular complexity index is 555. The van der Waals surface area contributed by atoms with Crippen molar-refractivity contribution in [2.45, 2.75) is 44.4 Å². The predicted molar refractivity (Wildman–Crippen MR) is 85.9 cm³/mol. The highest BCUT2D eigenvalue weighted by Crippen LogP contribution is 2.30. The topological polar surface area (TPSA) is 94.9 Å². The molecule has 1 saturated heterocycles. The summed E-state index contributed by atoms with van der Waals surface area (Å²) in [4.78, 5) is 9.48. The summed E-state index contributed by atoms with van der Waals surface area (Å²) in [6.45, 7) is 3.85. The first-order chi connectivity index (χ1) is 10.7. The number of rotatable bonds is 4. The fourth-order valence-corrected chi connectivity index (χ4v) is 3.01. The van der Waals surface area contributed by atoms with Crippen LogP contribution in [0.3, 0.4) is 0 Å². The molecule has 3 atom stereocenters. The summed E-state index contributed by atoms with van der Waals surface area (Å²) in [5, 5.41) is 3.30. The average Bonchev–Trinajstić information content (AvgIpc) is 3.06. The second-order valence-electron chi connectivity index (χ2n) is 6.02. The molecule has 1 fully saturated rings. The fraction of sp³-hybridized carbons (Fsp3) is 0.562. The van der Waals surface area contributed by atoms with Gasteiger partial charge in [0.2, 0.25) is 0 Å². The van der Waals surface area contributed by atoms with Crippen LogP contribution >= 0.6 is 0 Å². The highest BCUT2D eigenvalue weighted by Gasteiger charge is 2.25. The molecule has 3 rings (SSSR count). The first-order valence-electron chi connectivity index (χ1n) is 7.87. The normalized spacial score (nSPS) is 26.4. The fourth-order valence-electron chi connectivity index (χ4n) is 3.01. The molecule has 0 bridgehead atoms. The van der Waals surface area contributed by atoms with Crippen LogP contribution in [-0.4, -0.2) is 37.2 Å². The number of hydrogen-bond donors (Lipinski definition) is 3. The third kappa shape index (κ3) is 3.24. The van der Waals surface area contributed by atoms with E-state index >= 15 is 0 Å². The molecule has 0 aliphatic carbocycles. The number of aryl methyl sites for hydroxylation is 1. The van der Waals surface area contributed by atoms with Crippen LogP contribution < -0.4 is 21.7 Å². The standard InChI is InChI=1S/C16H24N4O2/c1-10(22-18)14-4-2-11-8-12(3-5-15(11)21-14)16(17)20-13-6-7-19-9-13/h3,5,8,10,13-14,19H,2,4,6-7,9,18H2,1H3,(H2,17,20). The summed E-state index contributed by atoms with van der Waals surface area (Å²) in [7, 11) is 0. The van der Waals surface area contributed by atoms with E-state index in [-0.39, 0.29) is 12.2 Å². The van der Waals surface area contributed by atoms with Gasteiger partial charge in [0.15, 0.2) is 0 Å². The van der Waals surface area contributed by atoms with Crippen LogP contribution in [0.25, 0.3) is 0 Å². The quantitative estimate of drug-likeness (QED) is 0.433. The highest BCUT2D eigenvalue weighted by molar-refractivity contribution is 5.98. The minimum absolute atomic E-state index is 0.000993. The number of nitrogens with zero attached hydrogens (tertiary/aromatic N) is 1. The van der Waals surface area contributed by atoms with Gasteiger partial charge in [0.1, 0.15) is 23.8 Å². The van der Waals surface area contributed by atoms with Crippen LogP contribution in [0.5, 0.6) is 5.75 Å². The summed E-state index contributed by atoms with van der Waals surface area (Å²) in [5.41, 5.74) is 8.29. The van der Waals surface area contributed by atoms with Gasteiger partial charge in [0, 0.05) is 12.1 Å². The second-order valence-corrected chi connectivity index (χ2v) is 6.02. The van der Waals surface area contributed by atoms with Crippen molar-refractivity contribution in [3.05, 3.63) is 29.3 Å². The van der Waals surface area contributed by atoms with Crippen molar-refractivity contribution < 1.29 is 9.57 Å². The van der Waals surface area contributed by atoms with E-state index in [0.29, 0.717) is 11.9 Å². The Balaban J connectivity index is 1.74. The molecule has 0 saturated carbocycles. The van der Waals surface area contributed by atoms with Gasteiger partial charge in [0.05, 0.1) is 6.04 Å². The van der Waals surface area contributed by atoms with Crippen LogP contribution in [-0.2, 0) is 11.3 Å². The molecular formula is C16H24N4O2. The molecule has 2 aliphatic heterocycles. The van der Waals surface area contributed by atoms with Gasteiger partial charge in [-0.25, -0.2) is 5.90 Å². The van der Waals surface area contributed by atoms with Gasteiger partial charge in [-0.2, -0.15) is 0 Å². The number of aliphatic imine (C=N–C) groups is 1. The third-order valence-electron chi connectivity index (χ3n) is 4.43. The number of benzene rings is 1. The zero-order chi connectivity index (χ0) is 15.5. The lowest BCUT2D eigenvalue weighted by Gasteiger charge is -2.29. The Morgan fingerprint density at radius 2 is 2.32 bits per heavy atom. The second kappa shape index (κ2) is 6.64. The van der Waals surface area contributed by atoms with Crippen LogP contribution in [0.4, 0.5) is 0 Å². The molecule has 5 N–H and O–H groups in total. The summed E-state index contributed by atoms with van der Waals surface area (Å²) >= 11 is 0. The SMILES string of the molecule is CC(ON)C1CCc2cc(C(N)=NC3CCNC3)ccc2O1. The summed E-state index contributed by atoms with van der Waals surface area (Å²) < 4.78 is 5.96. The van der Waals surface area contributed by atoms with Gasteiger partial charge >= 0.3 is 0 Å². The van der Waals surface area contributed by atoms with Crippen molar-refractivity contribution in [1.82, 2.24) is 5.32 Å². The zero-order valence-electron chi connectivity index (χ0n) is 12.9. The summed E-state index contributed by atoms with van der Waals surface area (Å²) in [6.07, 6.45) is 2.75. The Morgan fingerprint density at radius 3 is 3.05 bits per heavy atom. The molecule has 0 spiro atoms. The monoisotopic (exact) mass is 304 g/mol. The van der Waals surface area contributed by atoms with Crippen LogP contribution in [0.2, 0.25) is 0 Å². The Morgan fingerprint density at radius 1 is 1.45 bits per heavy atom. The largest absolute Gasteiger partial charge is 0.487 e. The van der Waals surface area contributed by atoms with Crippen molar-refractivity contribution in [2.75, 3.05) is 13.1 Å². The number of nitrogens with one attached hydrogen (secondary N) is 1. The Labute approximate surface area is 130 Å². The predicted octanol–water partition coefficient (Wildman–Crippen LogP) is 0.726. The Hall–Kier alpha value is -1.63. The summed E-state index contributed by atoms with van der Waals surface area (Å²) in [6, 6.07) is 6.31. The van der Waals surface area contributed by atoms with Gasteiger partial charge < -0.3 is 15.8 Å². The van der Waals surface area contributed by atoms with Gasteiger partial charge in [-0.3, -0.25) is 9.83 Å². The van der Waals surface area contributed by atoms with E-state index in [1.165, 1.54) is 5.56 Å². The average molecular weight is 304 g/mol. The molecule has 1 aromatic rings. The molecule has 3 unspecified atom stereocenters. The van der Waals surface area contributed by atoms with Gasteiger partial charge in [-0.15, -0.1) is 0 Å². The number of ether oxygens (including phenoxy) is 1. The van der Waals surface area contributed by atoms with Gasteiger partial charge in [0.25, 0.3) is 0 Å². The third-order valence-corrected chi connectivity index (χ3v) is 4.43. The number of nitrogens with two attached hydrogens (primary N) is 2. The van der Waals surface area contributed by atoms with Crippen molar-refractivity contribution >= 4 is 5.84 Å². The van der Waals surface area contributed by atoms with E-state index in [9.17, 15) is 0 Å². The lowest BCUT2D eigenvalue weighted by atomic mass is 9.97. The molecule has 120 valence electrons.